The van der Waals surface area contributed by atoms with Gasteiger partial charge in [-0.15, -0.1) is 0 Å². The Morgan fingerprint density at radius 1 is 1.21 bits per heavy atom. The van der Waals surface area contributed by atoms with Gasteiger partial charge in [0.2, 0.25) is 0 Å². The van der Waals surface area contributed by atoms with Gasteiger partial charge < -0.3 is 9.57 Å². The molecule has 0 atom stereocenters. The molecule has 0 spiro atoms. The van der Waals surface area contributed by atoms with Crippen LogP contribution in [0.15, 0.2) is 47.6 Å². The average Bonchev–Trinajstić information content (AvgIpc) is 2.57. The molecule has 0 amide bonds. The quantitative estimate of drug-likeness (QED) is 0.584. The second-order valence-corrected chi connectivity index (χ2v) is 5.13. The Morgan fingerprint density at radius 3 is 2.67 bits per heavy atom. The minimum absolute atomic E-state index is 0.176. The molecule has 0 aliphatic carbocycles. The third-order valence-corrected chi connectivity index (χ3v) is 3.33. The van der Waals surface area contributed by atoms with Crippen molar-refractivity contribution in [3.8, 4) is 11.8 Å². The zero-order valence-corrected chi connectivity index (χ0v) is 13.3. The van der Waals surface area contributed by atoms with Crippen molar-refractivity contribution in [3.63, 3.8) is 0 Å². The lowest BCUT2D eigenvalue weighted by atomic mass is 10.0. The Bertz CT molecular complexity index is 783. The lowest BCUT2D eigenvalue weighted by Gasteiger charge is -2.12. The van der Waals surface area contributed by atoms with Gasteiger partial charge >= 0.3 is 6.61 Å². The van der Waals surface area contributed by atoms with Crippen LogP contribution in [0.25, 0.3) is 0 Å². The molecule has 0 N–H and O–H groups in total. The van der Waals surface area contributed by atoms with Crippen LogP contribution in [0, 0.1) is 25.2 Å². The summed E-state index contributed by atoms with van der Waals surface area (Å²) < 4.78 is 30.1. The molecular formula is C18H16F2N2O2. The highest BCUT2D eigenvalue weighted by Gasteiger charge is 2.12. The first-order chi connectivity index (χ1) is 11.5. The summed E-state index contributed by atoms with van der Waals surface area (Å²) in [6.07, 6.45) is 0. The van der Waals surface area contributed by atoms with Gasteiger partial charge in [0.25, 0.3) is 0 Å². The lowest BCUT2D eigenvalue weighted by molar-refractivity contribution is -0.127. The van der Waals surface area contributed by atoms with E-state index in [-0.39, 0.29) is 12.3 Å². The SMILES string of the molecule is Cc1ccc(C)c(OCc2ccccc2C(C#N)=NOC(F)F)c1. The van der Waals surface area contributed by atoms with Crippen molar-refractivity contribution in [1.29, 1.82) is 5.26 Å². The van der Waals surface area contributed by atoms with Crippen LogP contribution < -0.4 is 4.74 Å². The summed E-state index contributed by atoms with van der Waals surface area (Å²) in [5.74, 6) is 0.726. The molecule has 0 fully saturated rings. The van der Waals surface area contributed by atoms with Crippen LogP contribution in [0.1, 0.15) is 22.3 Å². The Labute approximate surface area is 138 Å². The first kappa shape index (κ1) is 17.4. The topological polar surface area (TPSA) is 54.6 Å². The van der Waals surface area contributed by atoms with E-state index in [2.05, 4.69) is 9.99 Å². The number of halogens is 2. The summed E-state index contributed by atoms with van der Waals surface area (Å²) in [5, 5.41) is 12.3. The molecule has 0 bridgehead atoms. The van der Waals surface area contributed by atoms with Crippen molar-refractivity contribution in [2.75, 3.05) is 0 Å². The average molecular weight is 330 g/mol. The summed E-state index contributed by atoms with van der Waals surface area (Å²) in [4.78, 5) is 3.89. The number of aryl methyl sites for hydroxylation is 2. The van der Waals surface area contributed by atoms with Crippen molar-refractivity contribution in [2.24, 2.45) is 5.16 Å². The van der Waals surface area contributed by atoms with E-state index < -0.39 is 6.61 Å². The van der Waals surface area contributed by atoms with Crippen molar-refractivity contribution < 1.29 is 18.4 Å². The number of alkyl halides is 2. The van der Waals surface area contributed by atoms with E-state index in [9.17, 15) is 8.78 Å². The maximum Gasteiger partial charge on any atom is 0.407 e. The number of nitriles is 1. The van der Waals surface area contributed by atoms with Crippen LogP contribution in [0.5, 0.6) is 5.75 Å². The minimum atomic E-state index is -3.08. The van der Waals surface area contributed by atoms with Crippen LogP contribution in [-0.2, 0) is 11.4 Å². The predicted octanol–water partition coefficient (Wildman–Crippen LogP) is 4.35. The van der Waals surface area contributed by atoms with Gasteiger partial charge in [-0.3, -0.25) is 0 Å². The summed E-state index contributed by atoms with van der Waals surface area (Å²) in [6.45, 7) is 0.990. The molecular weight excluding hydrogens is 314 g/mol. The first-order valence-corrected chi connectivity index (χ1v) is 7.21. The molecule has 124 valence electrons. The standard InChI is InChI=1S/C18H16F2N2O2/c1-12-7-8-13(2)17(9-12)23-11-14-5-3-4-6-15(14)16(10-21)22-24-18(19)20/h3-9,18H,11H2,1-2H3. The van der Waals surface area contributed by atoms with E-state index >= 15 is 0 Å². The third kappa shape index (κ3) is 4.53. The Morgan fingerprint density at radius 2 is 1.96 bits per heavy atom. The van der Waals surface area contributed by atoms with Gasteiger partial charge in [-0.2, -0.15) is 14.0 Å². The number of ether oxygens (including phenoxy) is 1. The third-order valence-electron chi connectivity index (χ3n) is 3.33. The highest BCUT2D eigenvalue weighted by molar-refractivity contribution is 6.12. The molecule has 2 rings (SSSR count). The molecule has 0 saturated heterocycles. The summed E-state index contributed by atoms with van der Waals surface area (Å²) in [6, 6.07) is 14.4. The number of hydrogen-bond acceptors (Lipinski definition) is 4. The zero-order valence-electron chi connectivity index (χ0n) is 13.3. The van der Waals surface area contributed by atoms with Gasteiger partial charge in [0.05, 0.1) is 0 Å². The molecule has 0 aliphatic rings. The van der Waals surface area contributed by atoms with E-state index in [0.717, 1.165) is 16.9 Å². The largest absolute Gasteiger partial charge is 0.489 e. The monoisotopic (exact) mass is 330 g/mol. The normalized spacial score (nSPS) is 11.2. The smallest absolute Gasteiger partial charge is 0.407 e. The van der Waals surface area contributed by atoms with Gasteiger partial charge in [-0.25, -0.2) is 0 Å². The van der Waals surface area contributed by atoms with E-state index in [4.69, 9.17) is 10.00 Å². The lowest BCUT2D eigenvalue weighted by Crippen LogP contribution is -2.07. The number of benzene rings is 2. The number of oxime groups is 1. The van der Waals surface area contributed by atoms with E-state index in [1.165, 1.54) is 0 Å². The van der Waals surface area contributed by atoms with Gasteiger partial charge in [0.15, 0.2) is 5.71 Å². The molecule has 0 aromatic heterocycles. The molecule has 24 heavy (non-hydrogen) atoms. The first-order valence-electron chi connectivity index (χ1n) is 7.21. The number of nitrogens with zero attached hydrogens (tertiary/aromatic N) is 2. The van der Waals surface area contributed by atoms with Crippen molar-refractivity contribution >= 4 is 5.71 Å². The summed E-state index contributed by atoms with van der Waals surface area (Å²) in [7, 11) is 0. The van der Waals surface area contributed by atoms with Crippen molar-refractivity contribution in [2.45, 2.75) is 27.1 Å². The highest BCUT2D eigenvalue weighted by atomic mass is 19.3. The molecule has 0 saturated carbocycles. The van der Waals surface area contributed by atoms with Crippen LogP contribution in [0.4, 0.5) is 8.78 Å². The molecule has 6 heteroatoms. The molecule has 0 unspecified atom stereocenters. The predicted molar refractivity (Wildman–Crippen MR) is 85.9 cm³/mol. The second kappa shape index (κ2) is 8.06. The van der Waals surface area contributed by atoms with Gasteiger partial charge in [0, 0.05) is 5.56 Å². The van der Waals surface area contributed by atoms with Crippen molar-refractivity contribution in [3.05, 3.63) is 64.7 Å². The molecule has 4 nitrogen and oxygen atoms in total. The van der Waals surface area contributed by atoms with Gasteiger partial charge in [0.1, 0.15) is 18.4 Å². The van der Waals surface area contributed by atoms with Crippen molar-refractivity contribution in [1.82, 2.24) is 0 Å². The number of rotatable bonds is 6. The van der Waals surface area contributed by atoms with Crippen LogP contribution in [0.2, 0.25) is 0 Å². The number of hydrogen-bond donors (Lipinski definition) is 0. The maximum atomic E-state index is 12.1. The van der Waals surface area contributed by atoms with E-state index in [1.807, 2.05) is 32.0 Å². The fourth-order valence-corrected chi connectivity index (χ4v) is 2.12. The van der Waals surface area contributed by atoms with E-state index in [1.54, 1.807) is 30.3 Å². The maximum absolute atomic E-state index is 12.1. The molecule has 2 aromatic carbocycles. The minimum Gasteiger partial charge on any atom is -0.489 e. The van der Waals surface area contributed by atoms with Crippen LogP contribution >= 0.6 is 0 Å². The summed E-state index contributed by atoms with van der Waals surface area (Å²) >= 11 is 0. The van der Waals surface area contributed by atoms with Crippen LogP contribution in [0.3, 0.4) is 0 Å². The highest BCUT2D eigenvalue weighted by Crippen LogP contribution is 2.21. The van der Waals surface area contributed by atoms with Gasteiger partial charge in [-0.1, -0.05) is 41.6 Å². The van der Waals surface area contributed by atoms with Gasteiger partial charge in [-0.05, 0) is 36.6 Å². The molecule has 2 aromatic rings. The second-order valence-electron chi connectivity index (χ2n) is 5.13. The molecule has 0 radical (unpaired) electrons. The van der Waals surface area contributed by atoms with Crippen LogP contribution in [-0.4, -0.2) is 12.3 Å². The fraction of sp³-hybridized carbons (Fsp3) is 0.222. The Kier molecular flexibility index (Phi) is 5.85. The van der Waals surface area contributed by atoms with E-state index in [0.29, 0.717) is 11.1 Å². The zero-order chi connectivity index (χ0) is 17.5. The molecule has 0 heterocycles. The Hall–Kier alpha value is -2.94. The summed E-state index contributed by atoms with van der Waals surface area (Å²) in [5.41, 5.74) is 2.86. The Balaban J connectivity index is 2.24. The fourth-order valence-electron chi connectivity index (χ4n) is 2.12. The molecule has 0 aliphatic heterocycles.